The Balaban J connectivity index is 0.00000338. The third-order valence-corrected chi connectivity index (χ3v) is 4.61. The summed E-state index contributed by atoms with van der Waals surface area (Å²) < 4.78 is 16.1. The number of benzene rings is 1. The van der Waals surface area contributed by atoms with E-state index in [-0.39, 0.29) is 18.3 Å². The van der Waals surface area contributed by atoms with Crippen LogP contribution in [0.3, 0.4) is 0 Å². The molecule has 0 bridgehead atoms. The Morgan fingerprint density at radius 2 is 1.85 bits per heavy atom. The van der Waals surface area contributed by atoms with Crippen molar-refractivity contribution in [3.05, 3.63) is 17.7 Å². The average molecular weight is 387 g/mol. The molecular formula is C19H31ClN2O4. The molecule has 1 saturated heterocycles. The lowest BCUT2D eigenvalue weighted by atomic mass is 10.1. The van der Waals surface area contributed by atoms with Crippen molar-refractivity contribution in [2.24, 2.45) is 0 Å². The van der Waals surface area contributed by atoms with Gasteiger partial charge in [-0.25, -0.2) is 0 Å². The minimum absolute atomic E-state index is 0. The van der Waals surface area contributed by atoms with Crippen LogP contribution in [0.15, 0.2) is 12.1 Å². The van der Waals surface area contributed by atoms with E-state index in [4.69, 9.17) is 14.2 Å². The second-order valence-corrected chi connectivity index (χ2v) is 6.27. The van der Waals surface area contributed by atoms with Gasteiger partial charge in [-0.2, -0.15) is 0 Å². The standard InChI is InChI=1S/C19H30N2O4.ClH/c1-5-10-21(15-8-9-20-13-15)18(22)7-6-14-11-16(23-2)19(25-4)17(12-14)24-3;/h11-12,15,20H,5-10,13H2,1-4H3;1H. The zero-order valence-corrected chi connectivity index (χ0v) is 17.0. The molecule has 1 N–H and O–H groups in total. The van der Waals surface area contributed by atoms with Crippen LogP contribution in [0.5, 0.6) is 17.2 Å². The van der Waals surface area contributed by atoms with E-state index in [1.807, 2.05) is 17.0 Å². The molecule has 0 spiro atoms. The highest BCUT2D eigenvalue weighted by molar-refractivity contribution is 5.85. The Morgan fingerprint density at radius 3 is 2.31 bits per heavy atom. The largest absolute Gasteiger partial charge is 0.493 e. The number of ether oxygens (including phenoxy) is 3. The molecule has 1 aromatic rings. The maximum atomic E-state index is 12.7. The van der Waals surface area contributed by atoms with E-state index in [9.17, 15) is 4.79 Å². The number of nitrogens with one attached hydrogen (secondary N) is 1. The number of amides is 1. The number of hydrogen-bond donors (Lipinski definition) is 1. The minimum Gasteiger partial charge on any atom is -0.493 e. The van der Waals surface area contributed by atoms with Crippen molar-refractivity contribution in [1.29, 1.82) is 0 Å². The van der Waals surface area contributed by atoms with E-state index in [0.29, 0.717) is 36.1 Å². The summed E-state index contributed by atoms with van der Waals surface area (Å²) in [5.74, 6) is 2.03. The van der Waals surface area contributed by atoms with Crippen LogP contribution in [0, 0.1) is 0 Å². The third-order valence-electron chi connectivity index (χ3n) is 4.61. The van der Waals surface area contributed by atoms with Crippen LogP contribution in [-0.2, 0) is 11.2 Å². The lowest BCUT2D eigenvalue weighted by Gasteiger charge is -2.28. The molecule has 1 fully saturated rings. The van der Waals surface area contributed by atoms with Gasteiger partial charge in [0.1, 0.15) is 0 Å². The van der Waals surface area contributed by atoms with E-state index in [0.717, 1.165) is 38.0 Å². The van der Waals surface area contributed by atoms with Gasteiger partial charge < -0.3 is 24.4 Å². The first-order valence-corrected chi connectivity index (χ1v) is 8.93. The molecule has 1 aliphatic rings. The van der Waals surface area contributed by atoms with Crippen molar-refractivity contribution >= 4 is 18.3 Å². The van der Waals surface area contributed by atoms with Gasteiger partial charge in [-0.05, 0) is 43.5 Å². The Hall–Kier alpha value is -1.66. The van der Waals surface area contributed by atoms with Crippen molar-refractivity contribution in [2.45, 2.75) is 38.6 Å². The van der Waals surface area contributed by atoms with Gasteiger partial charge in [-0.15, -0.1) is 12.4 Å². The van der Waals surface area contributed by atoms with Gasteiger partial charge in [-0.3, -0.25) is 4.79 Å². The van der Waals surface area contributed by atoms with Crippen molar-refractivity contribution in [1.82, 2.24) is 10.2 Å². The summed E-state index contributed by atoms with van der Waals surface area (Å²) in [6, 6.07) is 4.15. The number of carbonyl (C=O) groups is 1. The Labute approximate surface area is 162 Å². The summed E-state index contributed by atoms with van der Waals surface area (Å²) in [6.07, 6.45) is 3.15. The molecule has 1 aromatic carbocycles. The molecule has 0 radical (unpaired) electrons. The highest BCUT2D eigenvalue weighted by atomic mass is 35.5. The maximum Gasteiger partial charge on any atom is 0.223 e. The molecule has 2 rings (SSSR count). The number of nitrogens with zero attached hydrogens (tertiary/aromatic N) is 1. The smallest absolute Gasteiger partial charge is 0.223 e. The van der Waals surface area contributed by atoms with Crippen LogP contribution in [0.1, 0.15) is 31.7 Å². The molecule has 26 heavy (non-hydrogen) atoms. The number of hydrogen-bond acceptors (Lipinski definition) is 5. The summed E-state index contributed by atoms with van der Waals surface area (Å²) in [7, 11) is 4.78. The second-order valence-electron chi connectivity index (χ2n) is 6.27. The van der Waals surface area contributed by atoms with Crippen LogP contribution < -0.4 is 19.5 Å². The van der Waals surface area contributed by atoms with Gasteiger partial charge in [-0.1, -0.05) is 6.92 Å². The first-order valence-electron chi connectivity index (χ1n) is 8.93. The summed E-state index contributed by atoms with van der Waals surface area (Å²) in [5.41, 5.74) is 1.00. The quantitative estimate of drug-likeness (QED) is 0.707. The van der Waals surface area contributed by atoms with Crippen LogP contribution >= 0.6 is 12.4 Å². The highest BCUT2D eigenvalue weighted by Gasteiger charge is 2.25. The molecule has 6 nitrogen and oxygen atoms in total. The fourth-order valence-corrected chi connectivity index (χ4v) is 3.33. The summed E-state index contributed by atoms with van der Waals surface area (Å²) in [4.78, 5) is 14.8. The topological polar surface area (TPSA) is 60.0 Å². The number of halogens is 1. The fourth-order valence-electron chi connectivity index (χ4n) is 3.33. The van der Waals surface area contributed by atoms with Crippen molar-refractivity contribution in [2.75, 3.05) is 41.0 Å². The van der Waals surface area contributed by atoms with Crippen molar-refractivity contribution in [3.8, 4) is 17.2 Å². The van der Waals surface area contributed by atoms with E-state index < -0.39 is 0 Å². The van der Waals surface area contributed by atoms with Crippen molar-refractivity contribution < 1.29 is 19.0 Å². The number of carbonyl (C=O) groups excluding carboxylic acids is 1. The van der Waals surface area contributed by atoms with E-state index in [2.05, 4.69) is 12.2 Å². The zero-order chi connectivity index (χ0) is 18.2. The van der Waals surface area contributed by atoms with Gasteiger partial charge in [0.25, 0.3) is 0 Å². The Kier molecular flexibility index (Phi) is 9.59. The summed E-state index contributed by atoms with van der Waals surface area (Å²) >= 11 is 0. The molecule has 1 unspecified atom stereocenters. The Bertz CT molecular complexity index is 552. The second kappa shape index (κ2) is 11.1. The predicted molar refractivity (Wildman–Crippen MR) is 105 cm³/mol. The molecule has 7 heteroatoms. The highest BCUT2D eigenvalue weighted by Crippen LogP contribution is 2.38. The summed E-state index contributed by atoms with van der Waals surface area (Å²) in [6.45, 7) is 4.82. The molecule has 0 aliphatic carbocycles. The average Bonchev–Trinajstić information content (AvgIpc) is 3.17. The maximum absolute atomic E-state index is 12.7. The molecule has 1 aliphatic heterocycles. The molecular weight excluding hydrogens is 356 g/mol. The van der Waals surface area contributed by atoms with E-state index in [1.165, 1.54) is 0 Å². The lowest BCUT2D eigenvalue weighted by Crippen LogP contribution is -2.42. The van der Waals surface area contributed by atoms with Gasteiger partial charge in [0.05, 0.1) is 21.3 Å². The summed E-state index contributed by atoms with van der Waals surface area (Å²) in [5, 5.41) is 3.34. The normalized spacial score (nSPS) is 15.9. The number of methoxy groups -OCH3 is 3. The third kappa shape index (κ3) is 5.42. The first kappa shape index (κ1) is 22.4. The Morgan fingerprint density at radius 1 is 1.19 bits per heavy atom. The number of rotatable bonds is 9. The molecule has 0 aromatic heterocycles. The van der Waals surface area contributed by atoms with E-state index in [1.54, 1.807) is 21.3 Å². The van der Waals surface area contributed by atoms with Crippen LogP contribution in [-0.4, -0.2) is 57.8 Å². The SMILES string of the molecule is CCCN(C(=O)CCc1cc(OC)c(OC)c(OC)c1)C1CCNC1.Cl. The first-order chi connectivity index (χ1) is 12.1. The van der Waals surface area contributed by atoms with Crippen LogP contribution in [0.2, 0.25) is 0 Å². The van der Waals surface area contributed by atoms with Gasteiger partial charge >= 0.3 is 0 Å². The fraction of sp³-hybridized carbons (Fsp3) is 0.632. The van der Waals surface area contributed by atoms with Crippen molar-refractivity contribution in [3.63, 3.8) is 0 Å². The van der Waals surface area contributed by atoms with Crippen LogP contribution in [0.25, 0.3) is 0 Å². The molecule has 1 atom stereocenters. The van der Waals surface area contributed by atoms with Crippen LogP contribution in [0.4, 0.5) is 0 Å². The number of aryl methyl sites for hydroxylation is 1. The van der Waals surface area contributed by atoms with E-state index >= 15 is 0 Å². The van der Waals surface area contributed by atoms with Gasteiger partial charge in [0.15, 0.2) is 11.5 Å². The molecule has 0 saturated carbocycles. The van der Waals surface area contributed by atoms with Gasteiger partial charge in [0, 0.05) is 25.6 Å². The zero-order valence-electron chi connectivity index (χ0n) is 16.2. The molecule has 1 amide bonds. The lowest BCUT2D eigenvalue weighted by molar-refractivity contribution is -0.133. The molecule has 148 valence electrons. The predicted octanol–water partition coefficient (Wildman–Crippen LogP) is 2.67. The molecule has 1 heterocycles. The van der Waals surface area contributed by atoms with Gasteiger partial charge in [0.2, 0.25) is 11.7 Å². The minimum atomic E-state index is 0. The monoisotopic (exact) mass is 386 g/mol.